The maximum Gasteiger partial charge on any atom is 0.300 e. The average molecular weight is 413 g/mol. The van der Waals surface area contributed by atoms with Crippen molar-refractivity contribution in [3.8, 4) is 5.75 Å². The second-order valence-corrected chi connectivity index (χ2v) is 7.33. The summed E-state index contributed by atoms with van der Waals surface area (Å²) < 4.78 is 5.21. The quantitative estimate of drug-likeness (QED) is 0.368. The molecular weight excluding hydrogens is 390 g/mol. The van der Waals surface area contributed by atoms with Crippen LogP contribution < -0.4 is 9.64 Å². The number of rotatable bonds is 5. The molecule has 5 heteroatoms. The molecular formula is C26H23NO4. The third-order valence-corrected chi connectivity index (χ3v) is 5.55. The van der Waals surface area contributed by atoms with Gasteiger partial charge in [-0.3, -0.25) is 14.5 Å². The number of carbonyl (C=O) groups is 2. The molecule has 1 unspecified atom stereocenters. The van der Waals surface area contributed by atoms with Gasteiger partial charge in [0.05, 0.1) is 18.7 Å². The van der Waals surface area contributed by atoms with E-state index in [-0.39, 0.29) is 11.3 Å². The van der Waals surface area contributed by atoms with Gasteiger partial charge in [0.15, 0.2) is 0 Å². The Bertz CT molecular complexity index is 1130. The summed E-state index contributed by atoms with van der Waals surface area (Å²) in [5.74, 6) is -0.911. The van der Waals surface area contributed by atoms with E-state index in [4.69, 9.17) is 4.74 Å². The number of aryl methyl sites for hydroxylation is 1. The summed E-state index contributed by atoms with van der Waals surface area (Å²) in [4.78, 5) is 27.6. The van der Waals surface area contributed by atoms with Crippen LogP contribution in [0, 0.1) is 0 Å². The lowest BCUT2D eigenvalue weighted by molar-refractivity contribution is -0.132. The van der Waals surface area contributed by atoms with Gasteiger partial charge >= 0.3 is 0 Å². The van der Waals surface area contributed by atoms with E-state index in [2.05, 4.69) is 0 Å². The first-order valence-corrected chi connectivity index (χ1v) is 10.1. The number of hydrogen-bond acceptors (Lipinski definition) is 4. The fraction of sp³-hybridized carbons (Fsp3) is 0.154. The molecule has 1 heterocycles. The zero-order valence-electron chi connectivity index (χ0n) is 17.4. The first-order chi connectivity index (χ1) is 15.0. The van der Waals surface area contributed by atoms with Crippen LogP contribution in [0.4, 0.5) is 5.69 Å². The molecule has 31 heavy (non-hydrogen) atoms. The fourth-order valence-corrected chi connectivity index (χ4v) is 3.85. The van der Waals surface area contributed by atoms with Gasteiger partial charge in [-0.05, 0) is 41.8 Å². The number of Topliss-reactive ketones (excluding diaryl/α,β-unsaturated/α-hetero) is 1. The van der Waals surface area contributed by atoms with Crippen LogP contribution in [0.5, 0.6) is 5.75 Å². The smallest absolute Gasteiger partial charge is 0.300 e. The summed E-state index contributed by atoms with van der Waals surface area (Å²) in [7, 11) is 1.56. The molecule has 156 valence electrons. The first kappa shape index (κ1) is 20.4. The molecule has 0 aliphatic carbocycles. The Balaban J connectivity index is 1.88. The number of aliphatic hydroxyl groups is 1. The molecule has 0 radical (unpaired) electrons. The van der Waals surface area contributed by atoms with E-state index in [0.29, 0.717) is 17.0 Å². The van der Waals surface area contributed by atoms with E-state index in [1.54, 1.807) is 43.5 Å². The highest BCUT2D eigenvalue weighted by molar-refractivity contribution is 6.51. The van der Waals surface area contributed by atoms with Crippen molar-refractivity contribution in [3.63, 3.8) is 0 Å². The molecule has 0 spiro atoms. The Labute approximate surface area is 181 Å². The van der Waals surface area contributed by atoms with Crippen LogP contribution in [0.25, 0.3) is 5.76 Å². The number of amides is 1. The Morgan fingerprint density at radius 1 is 0.935 bits per heavy atom. The Morgan fingerprint density at radius 2 is 1.58 bits per heavy atom. The van der Waals surface area contributed by atoms with Crippen molar-refractivity contribution in [1.82, 2.24) is 0 Å². The van der Waals surface area contributed by atoms with Gasteiger partial charge in [0.1, 0.15) is 11.5 Å². The number of nitrogens with zero attached hydrogens (tertiary/aromatic N) is 1. The zero-order valence-corrected chi connectivity index (χ0v) is 17.4. The van der Waals surface area contributed by atoms with Crippen molar-refractivity contribution in [3.05, 3.63) is 101 Å². The van der Waals surface area contributed by atoms with Gasteiger partial charge in [-0.15, -0.1) is 0 Å². The Hall–Kier alpha value is -3.86. The minimum Gasteiger partial charge on any atom is -0.507 e. The van der Waals surface area contributed by atoms with Gasteiger partial charge in [-0.1, -0.05) is 61.5 Å². The standard InChI is InChI=1S/C26H23NO4/c1-3-17-9-11-19(12-10-17)24(28)22-23(18-7-5-4-6-8-18)27(26(30)25(22)29)20-13-15-21(31-2)16-14-20/h4-16,23,28H,3H2,1-2H3/b24-22+. The van der Waals surface area contributed by atoms with Crippen LogP contribution in [0.2, 0.25) is 0 Å². The van der Waals surface area contributed by atoms with E-state index in [1.165, 1.54) is 4.90 Å². The highest BCUT2D eigenvalue weighted by Gasteiger charge is 2.46. The molecule has 1 atom stereocenters. The van der Waals surface area contributed by atoms with E-state index in [1.807, 2.05) is 49.4 Å². The second kappa shape index (κ2) is 8.48. The normalized spacial score (nSPS) is 17.7. The molecule has 1 aliphatic heterocycles. The van der Waals surface area contributed by atoms with Gasteiger partial charge in [0, 0.05) is 11.3 Å². The average Bonchev–Trinajstić information content (AvgIpc) is 3.09. The van der Waals surface area contributed by atoms with Gasteiger partial charge in [-0.2, -0.15) is 0 Å². The van der Waals surface area contributed by atoms with Crippen molar-refractivity contribution < 1.29 is 19.4 Å². The molecule has 0 saturated carbocycles. The highest BCUT2D eigenvalue weighted by atomic mass is 16.5. The van der Waals surface area contributed by atoms with Crippen LogP contribution in [-0.4, -0.2) is 23.9 Å². The van der Waals surface area contributed by atoms with Crippen molar-refractivity contribution in [2.45, 2.75) is 19.4 Å². The lowest BCUT2D eigenvalue weighted by Gasteiger charge is -2.25. The highest BCUT2D eigenvalue weighted by Crippen LogP contribution is 2.42. The molecule has 5 nitrogen and oxygen atoms in total. The predicted molar refractivity (Wildman–Crippen MR) is 120 cm³/mol. The Morgan fingerprint density at radius 3 is 2.16 bits per heavy atom. The zero-order chi connectivity index (χ0) is 22.0. The van der Waals surface area contributed by atoms with E-state index < -0.39 is 17.7 Å². The Kier molecular flexibility index (Phi) is 5.58. The molecule has 0 aromatic heterocycles. The van der Waals surface area contributed by atoms with Crippen molar-refractivity contribution in [2.24, 2.45) is 0 Å². The topological polar surface area (TPSA) is 66.8 Å². The summed E-state index contributed by atoms with van der Waals surface area (Å²) in [5, 5.41) is 11.1. The van der Waals surface area contributed by atoms with Gasteiger partial charge in [0.25, 0.3) is 11.7 Å². The molecule has 1 N–H and O–H groups in total. The maximum atomic E-state index is 13.1. The van der Waals surface area contributed by atoms with Crippen molar-refractivity contribution >= 4 is 23.1 Å². The number of aliphatic hydroxyl groups excluding tert-OH is 1. The number of methoxy groups -OCH3 is 1. The molecule has 1 saturated heterocycles. The first-order valence-electron chi connectivity index (χ1n) is 10.1. The summed E-state index contributed by atoms with van der Waals surface area (Å²) in [5.41, 5.74) is 3.00. The molecule has 3 aromatic carbocycles. The van der Waals surface area contributed by atoms with E-state index >= 15 is 0 Å². The van der Waals surface area contributed by atoms with Gasteiger partial charge in [0.2, 0.25) is 0 Å². The summed E-state index contributed by atoms with van der Waals surface area (Å²) in [6, 6.07) is 22.8. The third-order valence-electron chi connectivity index (χ3n) is 5.55. The molecule has 1 amide bonds. The summed E-state index contributed by atoms with van der Waals surface area (Å²) in [6.45, 7) is 2.05. The molecule has 3 aromatic rings. The minimum absolute atomic E-state index is 0.0799. The summed E-state index contributed by atoms with van der Waals surface area (Å²) >= 11 is 0. The monoisotopic (exact) mass is 413 g/mol. The van der Waals surface area contributed by atoms with Crippen LogP contribution >= 0.6 is 0 Å². The lowest BCUT2D eigenvalue weighted by Crippen LogP contribution is -2.29. The SMILES string of the molecule is CCc1ccc(/C(O)=C2\C(=O)C(=O)N(c3ccc(OC)cc3)C2c2ccccc2)cc1. The van der Waals surface area contributed by atoms with Crippen molar-refractivity contribution in [1.29, 1.82) is 0 Å². The number of carbonyl (C=O) groups excluding carboxylic acids is 2. The fourth-order valence-electron chi connectivity index (χ4n) is 3.85. The predicted octanol–water partition coefficient (Wildman–Crippen LogP) is 4.88. The van der Waals surface area contributed by atoms with Crippen LogP contribution in [0.1, 0.15) is 29.7 Å². The van der Waals surface area contributed by atoms with E-state index in [0.717, 1.165) is 17.5 Å². The van der Waals surface area contributed by atoms with Crippen LogP contribution in [0.15, 0.2) is 84.4 Å². The minimum atomic E-state index is -0.736. The number of hydrogen-bond donors (Lipinski definition) is 1. The van der Waals surface area contributed by atoms with Gasteiger partial charge in [-0.25, -0.2) is 0 Å². The van der Waals surface area contributed by atoms with Crippen molar-refractivity contribution in [2.75, 3.05) is 12.0 Å². The molecule has 0 bridgehead atoms. The van der Waals surface area contributed by atoms with Crippen LogP contribution in [0.3, 0.4) is 0 Å². The lowest BCUT2D eigenvalue weighted by atomic mass is 9.95. The number of ether oxygens (including phenoxy) is 1. The van der Waals surface area contributed by atoms with Crippen LogP contribution in [-0.2, 0) is 16.0 Å². The van der Waals surface area contributed by atoms with Gasteiger partial charge < -0.3 is 9.84 Å². The summed E-state index contributed by atoms with van der Waals surface area (Å²) in [6.07, 6.45) is 0.868. The number of benzene rings is 3. The molecule has 1 aliphatic rings. The molecule has 4 rings (SSSR count). The number of anilines is 1. The molecule has 1 fully saturated rings. The maximum absolute atomic E-state index is 13.1. The third kappa shape index (κ3) is 3.70. The number of ketones is 1. The van der Waals surface area contributed by atoms with E-state index in [9.17, 15) is 14.7 Å². The second-order valence-electron chi connectivity index (χ2n) is 7.33. The largest absolute Gasteiger partial charge is 0.507 e.